The molecule has 0 bridgehead atoms. The van der Waals surface area contributed by atoms with Crippen LogP contribution in [0.4, 0.5) is 0 Å². The first kappa shape index (κ1) is 14.4. The largest absolute Gasteiger partial charge is 0.357 e. The molecule has 2 aromatic heterocycles. The number of amides is 1. The van der Waals surface area contributed by atoms with Crippen molar-refractivity contribution in [3.8, 4) is 0 Å². The fourth-order valence-electron chi connectivity index (χ4n) is 4.14. The summed E-state index contributed by atoms with van der Waals surface area (Å²) >= 11 is 0. The average molecular weight is 314 g/mol. The Labute approximate surface area is 135 Å². The van der Waals surface area contributed by atoms with Crippen molar-refractivity contribution in [3.05, 3.63) is 36.7 Å². The van der Waals surface area contributed by atoms with Crippen LogP contribution < -0.4 is 0 Å². The zero-order chi connectivity index (χ0) is 15.8. The Morgan fingerprint density at radius 2 is 2.39 bits per heavy atom. The van der Waals surface area contributed by atoms with Crippen molar-refractivity contribution >= 4 is 5.91 Å². The van der Waals surface area contributed by atoms with E-state index in [0.717, 1.165) is 32.5 Å². The molecule has 2 aliphatic heterocycles. The van der Waals surface area contributed by atoms with Crippen LogP contribution in [0.3, 0.4) is 0 Å². The maximum absolute atomic E-state index is 12.5. The Bertz CT molecular complexity index is 652. The molecule has 0 saturated carbocycles. The van der Waals surface area contributed by atoms with Gasteiger partial charge in [0.1, 0.15) is 18.3 Å². The van der Waals surface area contributed by atoms with E-state index < -0.39 is 0 Å². The minimum atomic E-state index is 0.121. The molecular weight excluding hydrogens is 292 g/mol. The van der Waals surface area contributed by atoms with Crippen LogP contribution in [0.25, 0.3) is 0 Å². The van der Waals surface area contributed by atoms with Gasteiger partial charge in [0.25, 0.3) is 5.91 Å². The van der Waals surface area contributed by atoms with Gasteiger partial charge in [-0.1, -0.05) is 0 Å². The molecule has 23 heavy (non-hydrogen) atoms. The van der Waals surface area contributed by atoms with E-state index in [0.29, 0.717) is 23.7 Å². The number of aromatic nitrogens is 4. The highest BCUT2D eigenvalue weighted by atomic mass is 16.2. The number of aromatic amines is 1. The van der Waals surface area contributed by atoms with Crippen LogP contribution in [0.2, 0.25) is 0 Å². The van der Waals surface area contributed by atoms with Gasteiger partial charge in [-0.25, -0.2) is 4.98 Å². The molecule has 7 heteroatoms. The molecule has 7 nitrogen and oxygen atoms in total. The number of carbonyl (C=O) groups excluding carboxylic acids is 1. The lowest BCUT2D eigenvalue weighted by atomic mass is 9.92. The van der Waals surface area contributed by atoms with Crippen LogP contribution in [0, 0.1) is 5.92 Å². The van der Waals surface area contributed by atoms with Gasteiger partial charge in [0.05, 0.1) is 6.54 Å². The van der Waals surface area contributed by atoms with E-state index in [4.69, 9.17) is 0 Å². The Kier molecular flexibility index (Phi) is 3.65. The minimum absolute atomic E-state index is 0.121. The number of fused-ring (bicyclic) bond motifs is 1. The molecule has 1 N–H and O–H groups in total. The van der Waals surface area contributed by atoms with Crippen molar-refractivity contribution < 1.29 is 4.79 Å². The topological polar surface area (TPSA) is 70.1 Å². The van der Waals surface area contributed by atoms with E-state index >= 15 is 0 Å². The zero-order valence-electron chi connectivity index (χ0n) is 13.3. The highest BCUT2D eigenvalue weighted by Gasteiger charge is 2.43. The van der Waals surface area contributed by atoms with E-state index in [1.807, 2.05) is 21.7 Å². The molecule has 3 atom stereocenters. The molecule has 2 aliphatic rings. The molecule has 0 radical (unpaired) electrons. The third-order valence-corrected chi connectivity index (χ3v) is 5.35. The Morgan fingerprint density at radius 1 is 1.48 bits per heavy atom. The summed E-state index contributed by atoms with van der Waals surface area (Å²) in [6.45, 7) is 2.55. The average Bonchev–Trinajstić information content (AvgIpc) is 3.30. The number of carbonyl (C=O) groups is 1. The van der Waals surface area contributed by atoms with Gasteiger partial charge in [-0.3, -0.25) is 14.4 Å². The molecule has 2 saturated heterocycles. The fourth-order valence-corrected chi connectivity index (χ4v) is 4.14. The zero-order valence-corrected chi connectivity index (χ0v) is 13.3. The number of hydrogen-bond donors (Lipinski definition) is 1. The van der Waals surface area contributed by atoms with Gasteiger partial charge in [0, 0.05) is 31.4 Å². The van der Waals surface area contributed by atoms with E-state index in [-0.39, 0.29) is 5.91 Å². The third kappa shape index (κ3) is 2.65. The van der Waals surface area contributed by atoms with Crippen LogP contribution in [0.15, 0.2) is 31.0 Å². The van der Waals surface area contributed by atoms with Gasteiger partial charge in [-0.15, -0.1) is 0 Å². The highest BCUT2D eigenvalue weighted by molar-refractivity contribution is 5.92. The molecule has 0 spiro atoms. The number of nitrogens with zero attached hydrogens (tertiary/aromatic N) is 5. The maximum atomic E-state index is 12.5. The summed E-state index contributed by atoms with van der Waals surface area (Å²) in [5.41, 5.74) is 0.689. The molecular formula is C16H22N6O. The van der Waals surface area contributed by atoms with Crippen molar-refractivity contribution in [3.63, 3.8) is 0 Å². The SMILES string of the molecule is CN1[C@@H](Cn2cncn2)C[C@H]2CN(C(=O)c3ccc[nH]3)CC[C@H]21. The predicted molar refractivity (Wildman–Crippen MR) is 84.8 cm³/mol. The first-order valence-electron chi connectivity index (χ1n) is 8.19. The van der Waals surface area contributed by atoms with Gasteiger partial charge < -0.3 is 9.88 Å². The summed E-state index contributed by atoms with van der Waals surface area (Å²) in [6.07, 6.45) is 7.31. The molecule has 2 fully saturated rings. The Balaban J connectivity index is 1.43. The summed E-state index contributed by atoms with van der Waals surface area (Å²) in [5, 5.41) is 4.22. The lowest BCUT2D eigenvalue weighted by Gasteiger charge is -2.37. The van der Waals surface area contributed by atoms with Crippen LogP contribution >= 0.6 is 0 Å². The van der Waals surface area contributed by atoms with Crippen molar-refractivity contribution in [1.29, 1.82) is 0 Å². The third-order valence-electron chi connectivity index (χ3n) is 5.35. The normalized spacial score (nSPS) is 28.0. The number of likely N-dealkylation sites (N-methyl/N-ethyl adjacent to an activating group) is 1. The Morgan fingerprint density at radius 3 is 3.13 bits per heavy atom. The molecule has 1 amide bonds. The summed E-state index contributed by atoms with van der Waals surface area (Å²) in [7, 11) is 2.20. The minimum Gasteiger partial charge on any atom is -0.357 e. The van der Waals surface area contributed by atoms with Gasteiger partial charge >= 0.3 is 0 Å². The number of piperidine rings is 1. The monoisotopic (exact) mass is 314 g/mol. The number of hydrogen-bond acceptors (Lipinski definition) is 4. The standard InChI is InChI=1S/C16H22N6O/c1-20-13(9-22-11-17-10-19-22)7-12-8-21(6-4-15(12)20)16(23)14-3-2-5-18-14/h2-3,5,10-13,15,18H,4,6-9H2,1H3/t12-,13+,15+/m0/s1. The van der Waals surface area contributed by atoms with Crippen molar-refractivity contribution in [1.82, 2.24) is 29.5 Å². The van der Waals surface area contributed by atoms with Crippen molar-refractivity contribution in [2.45, 2.75) is 31.5 Å². The second-order valence-electron chi connectivity index (χ2n) is 6.62. The molecule has 4 heterocycles. The van der Waals surface area contributed by atoms with E-state index in [1.54, 1.807) is 18.9 Å². The smallest absolute Gasteiger partial charge is 0.270 e. The molecule has 0 aromatic carbocycles. The first-order chi connectivity index (χ1) is 11.2. The summed E-state index contributed by atoms with van der Waals surface area (Å²) in [6, 6.07) is 4.75. The highest BCUT2D eigenvalue weighted by Crippen LogP contribution is 2.35. The van der Waals surface area contributed by atoms with Gasteiger partial charge in [0.2, 0.25) is 0 Å². The second kappa shape index (κ2) is 5.81. The summed E-state index contributed by atoms with van der Waals surface area (Å²) in [5.74, 6) is 0.664. The number of rotatable bonds is 3. The Hall–Kier alpha value is -2.15. The lowest BCUT2D eigenvalue weighted by molar-refractivity contribution is 0.0602. The van der Waals surface area contributed by atoms with Crippen molar-refractivity contribution in [2.24, 2.45) is 5.92 Å². The molecule has 2 aromatic rings. The van der Waals surface area contributed by atoms with Crippen LogP contribution in [-0.4, -0.2) is 67.7 Å². The van der Waals surface area contributed by atoms with Gasteiger partial charge in [-0.05, 0) is 37.9 Å². The van der Waals surface area contributed by atoms with Gasteiger partial charge in [0.15, 0.2) is 0 Å². The molecule has 0 unspecified atom stereocenters. The predicted octanol–water partition coefficient (Wildman–Crippen LogP) is 0.841. The number of nitrogens with one attached hydrogen (secondary N) is 1. The lowest BCUT2D eigenvalue weighted by Crippen LogP contribution is -2.47. The van der Waals surface area contributed by atoms with Crippen LogP contribution in [0.5, 0.6) is 0 Å². The van der Waals surface area contributed by atoms with E-state index in [9.17, 15) is 4.79 Å². The maximum Gasteiger partial charge on any atom is 0.270 e. The fraction of sp³-hybridized carbons (Fsp3) is 0.562. The van der Waals surface area contributed by atoms with Crippen LogP contribution in [-0.2, 0) is 6.54 Å². The van der Waals surface area contributed by atoms with E-state index in [1.165, 1.54) is 0 Å². The molecule has 4 rings (SSSR count). The number of H-pyrrole nitrogens is 1. The van der Waals surface area contributed by atoms with Crippen molar-refractivity contribution in [2.75, 3.05) is 20.1 Å². The molecule has 0 aliphatic carbocycles. The summed E-state index contributed by atoms with van der Waals surface area (Å²) in [4.78, 5) is 24.0. The quantitative estimate of drug-likeness (QED) is 0.911. The van der Waals surface area contributed by atoms with Gasteiger partial charge in [-0.2, -0.15) is 5.10 Å². The first-order valence-corrected chi connectivity index (χ1v) is 8.19. The molecule has 122 valence electrons. The van der Waals surface area contributed by atoms with E-state index in [2.05, 4.69) is 27.0 Å². The second-order valence-corrected chi connectivity index (χ2v) is 6.62. The number of likely N-dealkylation sites (tertiary alicyclic amines) is 2. The van der Waals surface area contributed by atoms with Crippen LogP contribution in [0.1, 0.15) is 23.3 Å². The summed E-state index contributed by atoms with van der Waals surface area (Å²) < 4.78 is 1.90.